The van der Waals surface area contributed by atoms with Crippen molar-refractivity contribution in [1.29, 1.82) is 0 Å². The molecule has 0 spiro atoms. The van der Waals surface area contributed by atoms with E-state index in [2.05, 4.69) is 21.5 Å². The molecule has 1 aliphatic rings. The van der Waals surface area contributed by atoms with Crippen molar-refractivity contribution < 1.29 is 4.39 Å². The highest BCUT2D eigenvalue weighted by molar-refractivity contribution is 5.68. The summed E-state index contributed by atoms with van der Waals surface area (Å²) in [5, 5.41) is 7.87. The second-order valence-electron chi connectivity index (χ2n) is 6.29. The first-order valence-corrected chi connectivity index (χ1v) is 8.30. The molecule has 0 amide bonds. The van der Waals surface area contributed by atoms with Gasteiger partial charge in [0.25, 0.3) is 0 Å². The van der Waals surface area contributed by atoms with Gasteiger partial charge in [0.05, 0.1) is 5.69 Å². The van der Waals surface area contributed by atoms with Gasteiger partial charge in [0.1, 0.15) is 11.3 Å². The van der Waals surface area contributed by atoms with Gasteiger partial charge < -0.3 is 11.1 Å². The lowest BCUT2D eigenvalue weighted by atomic mass is 9.83. The monoisotopic (exact) mass is 325 g/mol. The topological polar surface area (TPSA) is 68.2 Å². The second-order valence-corrected chi connectivity index (χ2v) is 6.29. The van der Waals surface area contributed by atoms with Crippen LogP contribution >= 0.6 is 0 Å². The number of anilines is 1. The fraction of sp³-hybridized carbons (Fsp3) is 0.333. The average molecular weight is 325 g/mol. The Balaban J connectivity index is 1.57. The highest BCUT2D eigenvalue weighted by Gasteiger charge is 2.22. The SMILES string of the molecule is NCc1ccc(CNc2nccn3nc(C4CCC4)cc23)c(F)c1. The van der Waals surface area contributed by atoms with Crippen LogP contribution in [-0.2, 0) is 13.1 Å². The normalized spacial score (nSPS) is 14.8. The Labute approximate surface area is 139 Å². The Morgan fingerprint density at radius 1 is 1.29 bits per heavy atom. The van der Waals surface area contributed by atoms with E-state index < -0.39 is 0 Å². The third-order valence-electron chi connectivity index (χ3n) is 4.73. The molecule has 124 valence electrons. The van der Waals surface area contributed by atoms with Gasteiger partial charge in [0.2, 0.25) is 0 Å². The highest BCUT2D eigenvalue weighted by Crippen LogP contribution is 2.36. The van der Waals surface area contributed by atoms with Crippen LogP contribution in [0.25, 0.3) is 5.52 Å². The van der Waals surface area contributed by atoms with Crippen LogP contribution in [0.5, 0.6) is 0 Å². The van der Waals surface area contributed by atoms with E-state index in [1.165, 1.54) is 25.3 Å². The van der Waals surface area contributed by atoms with Crippen LogP contribution in [0.3, 0.4) is 0 Å². The lowest BCUT2D eigenvalue weighted by Gasteiger charge is -2.22. The van der Waals surface area contributed by atoms with Gasteiger partial charge >= 0.3 is 0 Å². The third kappa shape index (κ3) is 2.73. The fourth-order valence-corrected chi connectivity index (χ4v) is 3.02. The van der Waals surface area contributed by atoms with Crippen LogP contribution in [0.4, 0.5) is 10.2 Å². The molecule has 1 fully saturated rings. The smallest absolute Gasteiger partial charge is 0.152 e. The van der Waals surface area contributed by atoms with Crippen molar-refractivity contribution >= 4 is 11.3 Å². The summed E-state index contributed by atoms with van der Waals surface area (Å²) in [6, 6.07) is 7.19. The summed E-state index contributed by atoms with van der Waals surface area (Å²) in [5.74, 6) is 1.04. The molecule has 0 saturated heterocycles. The zero-order chi connectivity index (χ0) is 16.5. The van der Waals surface area contributed by atoms with Crippen LogP contribution in [0, 0.1) is 5.82 Å². The van der Waals surface area contributed by atoms with E-state index >= 15 is 0 Å². The number of nitrogens with one attached hydrogen (secondary N) is 1. The van der Waals surface area contributed by atoms with Crippen molar-refractivity contribution in [3.8, 4) is 0 Å². The maximum atomic E-state index is 14.1. The lowest BCUT2D eigenvalue weighted by Crippen LogP contribution is -2.09. The number of fused-ring (bicyclic) bond motifs is 1. The van der Waals surface area contributed by atoms with E-state index in [0.29, 0.717) is 24.6 Å². The van der Waals surface area contributed by atoms with E-state index in [9.17, 15) is 4.39 Å². The first-order valence-electron chi connectivity index (χ1n) is 8.30. The first kappa shape index (κ1) is 15.1. The molecule has 0 bridgehead atoms. The van der Waals surface area contributed by atoms with Crippen molar-refractivity contribution in [1.82, 2.24) is 14.6 Å². The molecule has 1 aliphatic carbocycles. The predicted octanol–water partition coefficient (Wildman–Crippen LogP) is 3.21. The Morgan fingerprint density at radius 2 is 2.17 bits per heavy atom. The number of halogens is 1. The van der Waals surface area contributed by atoms with Crippen molar-refractivity contribution in [3.63, 3.8) is 0 Å². The van der Waals surface area contributed by atoms with E-state index in [0.717, 1.165) is 22.6 Å². The zero-order valence-corrected chi connectivity index (χ0v) is 13.4. The molecular formula is C18H20FN5. The van der Waals surface area contributed by atoms with E-state index in [-0.39, 0.29) is 5.82 Å². The van der Waals surface area contributed by atoms with Crippen LogP contribution in [-0.4, -0.2) is 14.6 Å². The molecule has 2 aromatic heterocycles. The molecule has 3 aromatic rings. The minimum absolute atomic E-state index is 0.249. The molecule has 0 aliphatic heterocycles. The summed E-state index contributed by atoms with van der Waals surface area (Å²) < 4.78 is 15.9. The summed E-state index contributed by atoms with van der Waals surface area (Å²) in [5.41, 5.74) is 8.97. The lowest BCUT2D eigenvalue weighted by molar-refractivity contribution is 0.409. The van der Waals surface area contributed by atoms with Crippen LogP contribution in [0.15, 0.2) is 36.7 Å². The second kappa shape index (κ2) is 6.20. The van der Waals surface area contributed by atoms with Crippen LogP contribution < -0.4 is 11.1 Å². The third-order valence-corrected chi connectivity index (χ3v) is 4.73. The molecule has 1 aromatic carbocycles. The number of hydrogen-bond donors (Lipinski definition) is 2. The Morgan fingerprint density at radius 3 is 2.88 bits per heavy atom. The molecule has 6 heteroatoms. The molecule has 2 heterocycles. The largest absolute Gasteiger partial charge is 0.364 e. The molecule has 4 rings (SSSR count). The molecule has 0 atom stereocenters. The minimum Gasteiger partial charge on any atom is -0.364 e. The predicted molar refractivity (Wildman–Crippen MR) is 91.2 cm³/mol. The number of nitrogens with zero attached hydrogens (tertiary/aromatic N) is 3. The number of rotatable bonds is 5. The van der Waals surface area contributed by atoms with Crippen molar-refractivity contribution in [3.05, 3.63) is 59.3 Å². The average Bonchev–Trinajstić information content (AvgIpc) is 2.95. The first-order chi connectivity index (χ1) is 11.7. The van der Waals surface area contributed by atoms with Crippen molar-refractivity contribution in [2.45, 2.75) is 38.3 Å². The summed E-state index contributed by atoms with van der Waals surface area (Å²) in [6.45, 7) is 0.707. The molecule has 24 heavy (non-hydrogen) atoms. The summed E-state index contributed by atoms with van der Waals surface area (Å²) in [4.78, 5) is 4.39. The summed E-state index contributed by atoms with van der Waals surface area (Å²) >= 11 is 0. The fourth-order valence-electron chi connectivity index (χ4n) is 3.02. The Bertz CT molecular complexity index is 869. The van der Waals surface area contributed by atoms with Crippen molar-refractivity contribution in [2.75, 3.05) is 5.32 Å². The van der Waals surface area contributed by atoms with Gasteiger partial charge in [-0.15, -0.1) is 0 Å². The van der Waals surface area contributed by atoms with Gasteiger partial charge in [-0.1, -0.05) is 18.6 Å². The zero-order valence-electron chi connectivity index (χ0n) is 13.4. The van der Waals surface area contributed by atoms with Gasteiger partial charge in [-0.3, -0.25) is 0 Å². The van der Waals surface area contributed by atoms with E-state index in [4.69, 9.17) is 5.73 Å². The molecular weight excluding hydrogens is 305 g/mol. The van der Waals surface area contributed by atoms with E-state index in [1.54, 1.807) is 12.3 Å². The molecule has 3 N–H and O–H groups in total. The molecule has 1 saturated carbocycles. The van der Waals surface area contributed by atoms with Gasteiger partial charge in [0.15, 0.2) is 5.82 Å². The maximum absolute atomic E-state index is 14.1. The Kier molecular flexibility index (Phi) is 3.90. The number of aromatic nitrogens is 3. The van der Waals surface area contributed by atoms with Gasteiger partial charge in [-0.2, -0.15) is 5.10 Å². The standard InChI is InChI=1S/C18H20FN5/c19-15-8-12(10-20)4-5-14(15)11-22-18-17-9-16(13-2-1-3-13)23-24(17)7-6-21-18/h4-9,13H,1-3,10-11,20H2,(H,21,22). The van der Waals surface area contributed by atoms with Crippen LogP contribution in [0.2, 0.25) is 0 Å². The molecule has 0 unspecified atom stereocenters. The highest BCUT2D eigenvalue weighted by atomic mass is 19.1. The van der Waals surface area contributed by atoms with E-state index in [1.807, 2.05) is 16.8 Å². The molecule has 0 radical (unpaired) electrons. The molecule has 5 nitrogen and oxygen atoms in total. The van der Waals surface area contributed by atoms with Crippen LogP contribution in [0.1, 0.15) is 42.0 Å². The quantitative estimate of drug-likeness (QED) is 0.756. The maximum Gasteiger partial charge on any atom is 0.152 e. The van der Waals surface area contributed by atoms with Gasteiger partial charge in [-0.25, -0.2) is 13.9 Å². The summed E-state index contributed by atoms with van der Waals surface area (Å²) in [7, 11) is 0. The van der Waals surface area contributed by atoms with Gasteiger partial charge in [0, 0.05) is 37.0 Å². The number of nitrogens with two attached hydrogens (primary N) is 1. The summed E-state index contributed by atoms with van der Waals surface area (Å²) in [6.07, 6.45) is 7.25. The van der Waals surface area contributed by atoms with Gasteiger partial charge in [-0.05, 0) is 30.5 Å². The Hall–Kier alpha value is -2.47. The minimum atomic E-state index is -0.249. The van der Waals surface area contributed by atoms with Crippen molar-refractivity contribution in [2.24, 2.45) is 5.73 Å². The number of benzene rings is 1. The number of hydrogen-bond acceptors (Lipinski definition) is 4.